The zero-order valence-corrected chi connectivity index (χ0v) is 45.9. The maximum Gasteiger partial charge on any atom is 0.472 e. The van der Waals surface area contributed by atoms with Gasteiger partial charge in [0.05, 0.1) is 19.8 Å². The molecule has 0 aliphatic heterocycles. The van der Waals surface area contributed by atoms with E-state index in [0.717, 1.165) is 103 Å². The molecule has 12 heteroatoms. The monoisotopic (exact) mass is 1010 g/mol. The standard InChI is InChI=1S/C58H105O11P/c1-4-7-10-13-16-19-21-23-25-26-27-28-30-31-33-36-38-41-44-47-56(60)65-51-55(69-58(62)49-46-43-40-37-34-32-29-24-22-20-17-14-11-8-5-2)53-67-70(63,64)66-52-54(50-59)68-57(61)48-45-42-39-35-18-15-12-9-6-3/h7,10,16,19,23,25,27-28,54-55,59H,4-6,8-9,11-15,17-18,20-22,24,26,29-53H2,1-3H3,(H,63,64)/b10-7-,19-16-,25-23-,28-27-. The van der Waals surface area contributed by atoms with Gasteiger partial charge >= 0.3 is 25.7 Å². The van der Waals surface area contributed by atoms with Crippen molar-refractivity contribution in [3.63, 3.8) is 0 Å². The van der Waals surface area contributed by atoms with E-state index in [9.17, 15) is 28.9 Å². The van der Waals surface area contributed by atoms with Gasteiger partial charge in [0.1, 0.15) is 12.7 Å². The summed E-state index contributed by atoms with van der Waals surface area (Å²) in [5.41, 5.74) is 0. The summed E-state index contributed by atoms with van der Waals surface area (Å²) in [6, 6.07) is 0. The van der Waals surface area contributed by atoms with E-state index >= 15 is 0 Å². The van der Waals surface area contributed by atoms with Gasteiger partial charge in [-0.2, -0.15) is 0 Å². The predicted molar refractivity (Wildman–Crippen MR) is 289 cm³/mol. The molecule has 0 aliphatic carbocycles. The van der Waals surface area contributed by atoms with Crippen LogP contribution >= 0.6 is 7.82 Å². The van der Waals surface area contributed by atoms with Crippen molar-refractivity contribution in [1.82, 2.24) is 0 Å². The number of unbranched alkanes of at least 4 members (excludes halogenated alkanes) is 28. The Kier molecular flexibility index (Phi) is 50.8. The van der Waals surface area contributed by atoms with Crippen molar-refractivity contribution in [3.05, 3.63) is 48.6 Å². The fourth-order valence-corrected chi connectivity index (χ4v) is 8.72. The Bertz CT molecular complexity index is 1360. The fraction of sp³-hybridized carbons (Fsp3) is 0.810. The number of allylic oxidation sites excluding steroid dienone is 8. The second-order valence-corrected chi connectivity index (χ2v) is 20.5. The molecule has 0 aromatic carbocycles. The first kappa shape index (κ1) is 67.4. The molecule has 0 fully saturated rings. The van der Waals surface area contributed by atoms with Crippen LogP contribution in [-0.4, -0.2) is 66.5 Å². The number of aliphatic hydroxyl groups excluding tert-OH is 1. The number of phosphoric ester groups is 1. The Morgan fingerprint density at radius 2 is 0.743 bits per heavy atom. The van der Waals surface area contributed by atoms with Gasteiger partial charge in [-0.25, -0.2) is 4.57 Å². The molecule has 3 atom stereocenters. The molecule has 0 amide bonds. The Balaban J connectivity index is 4.71. The Morgan fingerprint density at radius 1 is 0.414 bits per heavy atom. The molecule has 0 bridgehead atoms. The van der Waals surface area contributed by atoms with Crippen LogP contribution in [0, 0.1) is 0 Å². The van der Waals surface area contributed by atoms with E-state index in [0.29, 0.717) is 19.3 Å². The Morgan fingerprint density at radius 3 is 1.14 bits per heavy atom. The van der Waals surface area contributed by atoms with Crippen LogP contribution in [-0.2, 0) is 42.2 Å². The highest BCUT2D eigenvalue weighted by molar-refractivity contribution is 7.47. The van der Waals surface area contributed by atoms with Crippen LogP contribution in [0.25, 0.3) is 0 Å². The first-order chi connectivity index (χ1) is 34.2. The number of carbonyl (C=O) groups excluding carboxylic acids is 3. The SMILES string of the molecule is CC/C=C\C/C=C\C/C=C\C/C=C\CCCCCCCCC(=O)OCC(COP(=O)(O)OCC(CO)OC(=O)CCCCCCCCCCC)OC(=O)CCCCCCCCCCCCCCCCC. The summed E-state index contributed by atoms with van der Waals surface area (Å²) in [5, 5.41) is 9.77. The molecule has 2 N–H and O–H groups in total. The first-order valence-electron chi connectivity index (χ1n) is 28.5. The largest absolute Gasteiger partial charge is 0.472 e. The fourth-order valence-electron chi connectivity index (χ4n) is 7.94. The molecule has 0 spiro atoms. The quantitative estimate of drug-likeness (QED) is 0.0197. The average molecular weight is 1010 g/mol. The number of aliphatic hydroxyl groups is 1. The van der Waals surface area contributed by atoms with Gasteiger partial charge in [0, 0.05) is 19.3 Å². The minimum absolute atomic E-state index is 0.169. The summed E-state index contributed by atoms with van der Waals surface area (Å²) in [6.45, 7) is 4.52. The zero-order valence-electron chi connectivity index (χ0n) is 45.0. The number of rotatable bonds is 53. The molecule has 0 saturated heterocycles. The molecular weight excluding hydrogens is 904 g/mol. The molecule has 0 aromatic heterocycles. The second kappa shape index (κ2) is 52.8. The number of esters is 3. The highest BCUT2D eigenvalue weighted by atomic mass is 31.2. The minimum Gasteiger partial charge on any atom is -0.462 e. The molecule has 0 rings (SSSR count). The molecule has 408 valence electrons. The molecular formula is C58H105O11P. The highest BCUT2D eigenvalue weighted by Crippen LogP contribution is 2.43. The Hall–Kier alpha value is -2.56. The predicted octanol–water partition coefficient (Wildman–Crippen LogP) is 16.6. The molecule has 0 aromatic rings. The van der Waals surface area contributed by atoms with Crippen molar-refractivity contribution in [2.45, 2.75) is 277 Å². The van der Waals surface area contributed by atoms with Crippen molar-refractivity contribution in [2.75, 3.05) is 26.4 Å². The third-order valence-corrected chi connectivity index (χ3v) is 13.2. The van der Waals surface area contributed by atoms with Crippen LogP contribution < -0.4 is 0 Å². The van der Waals surface area contributed by atoms with E-state index < -0.39 is 57.8 Å². The van der Waals surface area contributed by atoms with Crippen molar-refractivity contribution in [3.8, 4) is 0 Å². The van der Waals surface area contributed by atoms with Gasteiger partial charge in [0.2, 0.25) is 0 Å². The first-order valence-corrected chi connectivity index (χ1v) is 30.0. The van der Waals surface area contributed by atoms with E-state index in [4.69, 9.17) is 23.3 Å². The lowest BCUT2D eigenvalue weighted by atomic mass is 10.0. The average Bonchev–Trinajstić information content (AvgIpc) is 3.35. The van der Waals surface area contributed by atoms with Gasteiger partial charge < -0.3 is 24.2 Å². The summed E-state index contributed by atoms with van der Waals surface area (Å²) in [4.78, 5) is 48.4. The summed E-state index contributed by atoms with van der Waals surface area (Å²) >= 11 is 0. The topological polar surface area (TPSA) is 155 Å². The van der Waals surface area contributed by atoms with Crippen molar-refractivity contribution < 1.29 is 52.2 Å². The van der Waals surface area contributed by atoms with Crippen molar-refractivity contribution in [2.24, 2.45) is 0 Å². The highest BCUT2D eigenvalue weighted by Gasteiger charge is 2.28. The van der Waals surface area contributed by atoms with E-state index in [2.05, 4.69) is 69.4 Å². The van der Waals surface area contributed by atoms with Gasteiger partial charge in [0.15, 0.2) is 6.10 Å². The summed E-state index contributed by atoms with van der Waals surface area (Å²) < 4.78 is 39.4. The molecule has 0 heterocycles. The molecule has 0 aliphatic rings. The minimum atomic E-state index is -4.74. The van der Waals surface area contributed by atoms with Gasteiger partial charge in [-0.15, -0.1) is 0 Å². The van der Waals surface area contributed by atoms with Gasteiger partial charge in [-0.05, 0) is 57.8 Å². The molecule has 0 radical (unpaired) electrons. The van der Waals surface area contributed by atoms with E-state index in [-0.39, 0.29) is 25.9 Å². The lowest BCUT2D eigenvalue weighted by Gasteiger charge is -2.21. The lowest BCUT2D eigenvalue weighted by molar-refractivity contribution is -0.161. The van der Waals surface area contributed by atoms with Crippen molar-refractivity contribution >= 4 is 25.7 Å². The summed E-state index contributed by atoms with van der Waals surface area (Å²) in [7, 11) is -4.74. The van der Waals surface area contributed by atoms with Crippen molar-refractivity contribution in [1.29, 1.82) is 0 Å². The molecule has 70 heavy (non-hydrogen) atoms. The Labute approximate surface area is 428 Å². The van der Waals surface area contributed by atoms with Crippen LogP contribution in [0.3, 0.4) is 0 Å². The molecule has 3 unspecified atom stereocenters. The van der Waals surface area contributed by atoms with E-state index in [1.165, 1.54) is 103 Å². The zero-order chi connectivity index (χ0) is 51.3. The maximum atomic E-state index is 12.9. The van der Waals surface area contributed by atoms with Gasteiger partial charge in [-0.1, -0.05) is 236 Å². The van der Waals surface area contributed by atoms with Crippen LogP contribution in [0.1, 0.15) is 265 Å². The van der Waals surface area contributed by atoms with Crippen LogP contribution in [0.2, 0.25) is 0 Å². The maximum absolute atomic E-state index is 12.9. The van der Waals surface area contributed by atoms with Crippen LogP contribution in [0.15, 0.2) is 48.6 Å². The number of ether oxygens (including phenoxy) is 3. The van der Waals surface area contributed by atoms with Crippen LogP contribution in [0.4, 0.5) is 0 Å². The molecule has 0 saturated carbocycles. The van der Waals surface area contributed by atoms with E-state index in [1.54, 1.807) is 0 Å². The third-order valence-electron chi connectivity index (χ3n) is 12.3. The number of carbonyl (C=O) groups is 3. The van der Waals surface area contributed by atoms with E-state index in [1.807, 2.05) is 0 Å². The lowest BCUT2D eigenvalue weighted by Crippen LogP contribution is -2.30. The second-order valence-electron chi connectivity index (χ2n) is 19.1. The summed E-state index contributed by atoms with van der Waals surface area (Å²) in [6.07, 6.45) is 55.1. The van der Waals surface area contributed by atoms with Gasteiger partial charge in [0.25, 0.3) is 0 Å². The number of hydrogen-bond acceptors (Lipinski definition) is 10. The smallest absolute Gasteiger partial charge is 0.462 e. The van der Waals surface area contributed by atoms with Gasteiger partial charge in [-0.3, -0.25) is 23.4 Å². The number of hydrogen-bond donors (Lipinski definition) is 2. The molecule has 11 nitrogen and oxygen atoms in total. The normalized spacial score (nSPS) is 13.7. The number of phosphoric acid groups is 1. The van der Waals surface area contributed by atoms with Crippen LogP contribution in [0.5, 0.6) is 0 Å². The summed E-state index contributed by atoms with van der Waals surface area (Å²) in [5.74, 6) is -1.47. The third kappa shape index (κ3) is 50.4.